The van der Waals surface area contributed by atoms with Gasteiger partial charge in [0.25, 0.3) is 0 Å². The van der Waals surface area contributed by atoms with E-state index in [4.69, 9.17) is 9.57 Å². The Morgan fingerprint density at radius 2 is 2.00 bits per heavy atom. The fourth-order valence-corrected chi connectivity index (χ4v) is 2.04. The van der Waals surface area contributed by atoms with Crippen LogP contribution in [0.15, 0.2) is 0 Å². The first-order valence-corrected chi connectivity index (χ1v) is 5.62. The molecule has 0 heterocycles. The molecule has 0 aliphatic heterocycles. The van der Waals surface area contributed by atoms with E-state index in [0.717, 1.165) is 5.92 Å². The fourth-order valence-electron chi connectivity index (χ4n) is 2.04. The lowest BCUT2D eigenvalue weighted by molar-refractivity contribution is -0.0348. The van der Waals surface area contributed by atoms with Crippen LogP contribution >= 0.6 is 0 Å². The van der Waals surface area contributed by atoms with E-state index >= 15 is 0 Å². The van der Waals surface area contributed by atoms with Gasteiger partial charge in [-0.25, -0.2) is 0 Å². The largest absolute Gasteiger partial charge is 0.382 e. The van der Waals surface area contributed by atoms with Gasteiger partial charge in [0, 0.05) is 13.2 Å². The van der Waals surface area contributed by atoms with E-state index in [1.165, 1.54) is 19.3 Å². The molecule has 0 aromatic carbocycles. The van der Waals surface area contributed by atoms with Gasteiger partial charge in [0.05, 0.1) is 13.2 Å². The van der Waals surface area contributed by atoms with Gasteiger partial charge in [-0.15, -0.1) is 0 Å². The highest BCUT2D eigenvalue weighted by Gasteiger charge is 2.26. The highest BCUT2D eigenvalue weighted by molar-refractivity contribution is 4.79. The lowest BCUT2D eigenvalue weighted by Gasteiger charge is -2.34. The van der Waals surface area contributed by atoms with Crippen LogP contribution in [0.2, 0.25) is 0 Å². The predicted molar refractivity (Wildman–Crippen MR) is 56.9 cm³/mol. The second-order valence-corrected chi connectivity index (χ2v) is 4.33. The van der Waals surface area contributed by atoms with E-state index in [-0.39, 0.29) is 0 Å². The SMILES string of the molecule is COCCONC1CCCC(C)C1C. The quantitative estimate of drug-likeness (QED) is 0.545. The average Bonchev–Trinajstić information content (AvgIpc) is 2.19. The van der Waals surface area contributed by atoms with E-state index < -0.39 is 0 Å². The molecule has 1 rings (SSSR count). The smallest absolute Gasteiger partial charge is 0.0915 e. The van der Waals surface area contributed by atoms with Gasteiger partial charge in [-0.3, -0.25) is 4.84 Å². The Morgan fingerprint density at radius 3 is 2.71 bits per heavy atom. The molecular weight excluding hydrogens is 178 g/mol. The first-order valence-electron chi connectivity index (χ1n) is 5.62. The van der Waals surface area contributed by atoms with Crippen LogP contribution in [0.25, 0.3) is 0 Å². The summed E-state index contributed by atoms with van der Waals surface area (Å²) < 4.78 is 4.91. The maximum absolute atomic E-state index is 5.36. The number of hydrogen-bond donors (Lipinski definition) is 1. The average molecular weight is 201 g/mol. The molecule has 1 aliphatic rings. The van der Waals surface area contributed by atoms with Gasteiger partial charge in [-0.1, -0.05) is 26.7 Å². The summed E-state index contributed by atoms with van der Waals surface area (Å²) in [7, 11) is 1.69. The molecular formula is C11H23NO2. The van der Waals surface area contributed by atoms with Crippen LogP contribution in [0, 0.1) is 11.8 Å². The molecule has 0 amide bonds. The first kappa shape index (κ1) is 12.0. The standard InChI is InChI=1S/C11H23NO2/c1-9-5-4-6-11(10(9)2)12-14-8-7-13-3/h9-12H,4-8H2,1-3H3. The van der Waals surface area contributed by atoms with Crippen molar-refractivity contribution < 1.29 is 9.57 Å². The summed E-state index contributed by atoms with van der Waals surface area (Å²) in [4.78, 5) is 5.36. The van der Waals surface area contributed by atoms with Crippen LogP contribution in [0.5, 0.6) is 0 Å². The van der Waals surface area contributed by atoms with Gasteiger partial charge < -0.3 is 4.74 Å². The van der Waals surface area contributed by atoms with Gasteiger partial charge in [0.2, 0.25) is 0 Å². The van der Waals surface area contributed by atoms with Gasteiger partial charge in [-0.2, -0.15) is 5.48 Å². The third kappa shape index (κ3) is 3.56. The summed E-state index contributed by atoms with van der Waals surface area (Å²) in [6.45, 7) is 5.92. The molecule has 1 saturated carbocycles. The predicted octanol–water partition coefficient (Wildman–Crippen LogP) is 1.98. The zero-order valence-corrected chi connectivity index (χ0v) is 9.58. The van der Waals surface area contributed by atoms with Crippen LogP contribution in [0.3, 0.4) is 0 Å². The molecule has 84 valence electrons. The maximum Gasteiger partial charge on any atom is 0.0915 e. The minimum absolute atomic E-state index is 0.524. The van der Waals surface area contributed by atoms with Crippen molar-refractivity contribution in [2.75, 3.05) is 20.3 Å². The second kappa shape index (κ2) is 6.38. The molecule has 0 spiro atoms. The molecule has 3 atom stereocenters. The van der Waals surface area contributed by atoms with Gasteiger partial charge in [0.1, 0.15) is 0 Å². The molecule has 0 radical (unpaired) electrons. The lowest BCUT2D eigenvalue weighted by Crippen LogP contribution is -2.41. The Bertz CT molecular complexity index is 152. The van der Waals surface area contributed by atoms with E-state index in [9.17, 15) is 0 Å². The van der Waals surface area contributed by atoms with Crippen LogP contribution in [-0.4, -0.2) is 26.4 Å². The van der Waals surface area contributed by atoms with Crippen molar-refractivity contribution in [3.63, 3.8) is 0 Å². The molecule has 0 aromatic rings. The number of hydroxylamine groups is 1. The second-order valence-electron chi connectivity index (χ2n) is 4.33. The summed E-state index contributed by atoms with van der Waals surface area (Å²) in [6.07, 6.45) is 3.91. The molecule has 0 saturated heterocycles. The van der Waals surface area contributed by atoms with Crippen molar-refractivity contribution in [3.05, 3.63) is 0 Å². The van der Waals surface area contributed by atoms with Crippen molar-refractivity contribution >= 4 is 0 Å². The molecule has 3 nitrogen and oxygen atoms in total. The van der Waals surface area contributed by atoms with E-state index in [2.05, 4.69) is 19.3 Å². The minimum atomic E-state index is 0.524. The molecule has 1 fully saturated rings. The monoisotopic (exact) mass is 201 g/mol. The molecule has 0 aromatic heterocycles. The minimum Gasteiger partial charge on any atom is -0.382 e. The number of hydrogen-bond acceptors (Lipinski definition) is 3. The van der Waals surface area contributed by atoms with Crippen molar-refractivity contribution in [1.29, 1.82) is 0 Å². The Morgan fingerprint density at radius 1 is 1.21 bits per heavy atom. The maximum atomic E-state index is 5.36. The Hall–Kier alpha value is -0.120. The van der Waals surface area contributed by atoms with Crippen molar-refractivity contribution in [2.45, 2.75) is 39.2 Å². The topological polar surface area (TPSA) is 30.5 Å². The molecule has 0 bridgehead atoms. The van der Waals surface area contributed by atoms with Crippen LogP contribution in [-0.2, 0) is 9.57 Å². The van der Waals surface area contributed by atoms with Crippen molar-refractivity contribution in [2.24, 2.45) is 11.8 Å². The molecule has 14 heavy (non-hydrogen) atoms. The van der Waals surface area contributed by atoms with Gasteiger partial charge >= 0.3 is 0 Å². The Labute approximate surface area is 87.1 Å². The molecule has 3 unspecified atom stereocenters. The summed E-state index contributed by atoms with van der Waals surface area (Å²) in [5.74, 6) is 1.53. The van der Waals surface area contributed by atoms with Crippen LogP contribution < -0.4 is 5.48 Å². The number of rotatable bonds is 5. The third-order valence-electron chi connectivity index (χ3n) is 3.33. The van der Waals surface area contributed by atoms with Gasteiger partial charge in [-0.05, 0) is 18.3 Å². The summed E-state index contributed by atoms with van der Waals surface area (Å²) in [5, 5.41) is 0. The lowest BCUT2D eigenvalue weighted by atomic mass is 9.78. The number of ether oxygens (including phenoxy) is 1. The van der Waals surface area contributed by atoms with Gasteiger partial charge in [0.15, 0.2) is 0 Å². The summed E-state index contributed by atoms with van der Waals surface area (Å²) in [5.41, 5.74) is 3.16. The highest BCUT2D eigenvalue weighted by Crippen LogP contribution is 2.29. The zero-order chi connectivity index (χ0) is 10.4. The van der Waals surface area contributed by atoms with E-state index in [0.29, 0.717) is 25.2 Å². The summed E-state index contributed by atoms with van der Waals surface area (Å²) in [6, 6.07) is 0.524. The fraction of sp³-hybridized carbons (Fsp3) is 1.00. The first-order chi connectivity index (χ1) is 6.75. The third-order valence-corrected chi connectivity index (χ3v) is 3.33. The molecule has 3 heteroatoms. The Balaban J connectivity index is 2.15. The van der Waals surface area contributed by atoms with Crippen molar-refractivity contribution in [3.8, 4) is 0 Å². The highest BCUT2D eigenvalue weighted by atomic mass is 16.7. The number of methoxy groups -OCH3 is 1. The van der Waals surface area contributed by atoms with Crippen LogP contribution in [0.1, 0.15) is 33.1 Å². The summed E-state index contributed by atoms with van der Waals surface area (Å²) >= 11 is 0. The van der Waals surface area contributed by atoms with Crippen molar-refractivity contribution in [1.82, 2.24) is 5.48 Å². The van der Waals surface area contributed by atoms with Crippen LogP contribution in [0.4, 0.5) is 0 Å². The zero-order valence-electron chi connectivity index (χ0n) is 9.58. The normalized spacial score (nSPS) is 33.2. The molecule has 1 N–H and O–H groups in total. The Kier molecular flexibility index (Phi) is 5.45. The molecule has 1 aliphatic carbocycles. The van der Waals surface area contributed by atoms with E-state index in [1.54, 1.807) is 7.11 Å². The number of nitrogens with one attached hydrogen (secondary N) is 1. The van der Waals surface area contributed by atoms with E-state index in [1.807, 2.05) is 0 Å².